The van der Waals surface area contributed by atoms with Crippen molar-refractivity contribution in [3.63, 3.8) is 0 Å². The van der Waals surface area contributed by atoms with Gasteiger partial charge in [0.1, 0.15) is 16.4 Å². The lowest BCUT2D eigenvalue weighted by Crippen LogP contribution is -2.11. The predicted octanol–water partition coefficient (Wildman–Crippen LogP) is 2.73. The molecule has 94 valence electrons. The fourth-order valence-corrected chi connectivity index (χ4v) is 2.25. The summed E-state index contributed by atoms with van der Waals surface area (Å²) in [5, 5.41) is 4.32. The summed E-state index contributed by atoms with van der Waals surface area (Å²) in [6.07, 6.45) is 0. The van der Waals surface area contributed by atoms with Crippen molar-refractivity contribution in [2.45, 2.75) is 0 Å². The Labute approximate surface area is 107 Å². The zero-order valence-corrected chi connectivity index (χ0v) is 10.4. The molecule has 1 heterocycles. The van der Waals surface area contributed by atoms with Gasteiger partial charge in [0, 0.05) is 11.4 Å². The zero-order chi connectivity index (χ0) is 13.1. The van der Waals surface area contributed by atoms with E-state index in [0.717, 1.165) is 0 Å². The van der Waals surface area contributed by atoms with E-state index < -0.39 is 5.82 Å². The molecule has 0 fully saturated rings. The normalized spacial score (nSPS) is 10.1. The average Bonchev–Trinajstić information content (AvgIpc) is 2.75. The maximum absolute atomic E-state index is 13.1. The number of rotatable bonds is 3. The lowest BCUT2D eigenvalue weighted by Gasteiger charge is -2.06. The Morgan fingerprint density at radius 2 is 2.22 bits per heavy atom. The van der Waals surface area contributed by atoms with E-state index in [9.17, 15) is 9.18 Å². The highest BCUT2D eigenvalue weighted by atomic mass is 32.1. The van der Waals surface area contributed by atoms with Crippen molar-refractivity contribution < 1.29 is 13.9 Å². The summed E-state index contributed by atoms with van der Waals surface area (Å²) >= 11 is 1.25. The van der Waals surface area contributed by atoms with Crippen molar-refractivity contribution in [1.29, 1.82) is 0 Å². The molecule has 0 saturated heterocycles. The molecule has 1 aromatic carbocycles. The van der Waals surface area contributed by atoms with E-state index in [-0.39, 0.29) is 11.6 Å². The van der Waals surface area contributed by atoms with E-state index >= 15 is 0 Å². The van der Waals surface area contributed by atoms with Gasteiger partial charge in [-0.15, -0.1) is 11.3 Å². The van der Waals surface area contributed by atoms with Crippen LogP contribution in [0.5, 0.6) is 5.75 Å². The molecule has 1 amide bonds. The SMILES string of the molecule is COc1ccsc1C(=O)Nc1cc(N)cc(F)c1. The van der Waals surface area contributed by atoms with Gasteiger partial charge < -0.3 is 15.8 Å². The molecule has 0 spiro atoms. The molecule has 0 radical (unpaired) electrons. The summed E-state index contributed by atoms with van der Waals surface area (Å²) < 4.78 is 18.2. The number of amides is 1. The number of methoxy groups -OCH3 is 1. The minimum atomic E-state index is -0.497. The number of nitrogens with two attached hydrogens (primary N) is 1. The van der Waals surface area contributed by atoms with Crippen molar-refractivity contribution in [1.82, 2.24) is 0 Å². The second-order valence-corrected chi connectivity index (χ2v) is 4.46. The number of ether oxygens (including phenoxy) is 1. The minimum absolute atomic E-state index is 0.253. The molecule has 0 saturated carbocycles. The molecule has 0 bridgehead atoms. The highest BCUT2D eigenvalue weighted by Gasteiger charge is 2.14. The Bertz CT molecular complexity index is 563. The lowest BCUT2D eigenvalue weighted by atomic mass is 10.2. The second kappa shape index (κ2) is 5.05. The standard InChI is InChI=1S/C12H11FN2O2S/c1-17-10-2-3-18-11(10)12(16)15-9-5-7(13)4-8(14)6-9/h2-6H,14H2,1H3,(H,15,16). The third-order valence-electron chi connectivity index (χ3n) is 2.23. The van der Waals surface area contributed by atoms with E-state index in [1.807, 2.05) is 0 Å². The third-order valence-corrected chi connectivity index (χ3v) is 3.13. The molecule has 2 rings (SSSR count). The molecule has 4 nitrogen and oxygen atoms in total. The van der Waals surface area contributed by atoms with Crippen molar-refractivity contribution >= 4 is 28.6 Å². The van der Waals surface area contributed by atoms with E-state index in [1.165, 1.54) is 36.6 Å². The van der Waals surface area contributed by atoms with Gasteiger partial charge in [-0.25, -0.2) is 4.39 Å². The number of halogens is 1. The first-order chi connectivity index (χ1) is 8.60. The van der Waals surface area contributed by atoms with Gasteiger partial charge in [-0.1, -0.05) is 0 Å². The third kappa shape index (κ3) is 2.60. The molecular formula is C12H11FN2O2S. The summed E-state index contributed by atoms with van der Waals surface area (Å²) in [7, 11) is 1.49. The zero-order valence-electron chi connectivity index (χ0n) is 9.57. The number of nitrogens with one attached hydrogen (secondary N) is 1. The van der Waals surface area contributed by atoms with Crippen LogP contribution in [-0.4, -0.2) is 13.0 Å². The van der Waals surface area contributed by atoms with Gasteiger partial charge in [-0.2, -0.15) is 0 Å². The van der Waals surface area contributed by atoms with Crippen LogP contribution in [-0.2, 0) is 0 Å². The number of carbonyl (C=O) groups is 1. The maximum atomic E-state index is 13.1. The van der Waals surface area contributed by atoms with Crippen molar-refractivity contribution in [3.05, 3.63) is 40.3 Å². The summed E-state index contributed by atoms with van der Waals surface area (Å²) in [5.74, 6) is -0.364. The summed E-state index contributed by atoms with van der Waals surface area (Å²) in [5.41, 5.74) is 6.06. The van der Waals surface area contributed by atoms with Crippen LogP contribution >= 0.6 is 11.3 Å². The minimum Gasteiger partial charge on any atom is -0.495 e. The number of benzene rings is 1. The van der Waals surface area contributed by atoms with E-state index in [1.54, 1.807) is 11.4 Å². The molecule has 0 aliphatic carbocycles. The Morgan fingerprint density at radius 3 is 2.89 bits per heavy atom. The molecule has 2 aromatic rings. The predicted molar refractivity (Wildman–Crippen MR) is 69.6 cm³/mol. The number of hydrogen-bond donors (Lipinski definition) is 2. The molecule has 3 N–H and O–H groups in total. The number of carbonyl (C=O) groups excluding carboxylic acids is 1. The highest BCUT2D eigenvalue weighted by Crippen LogP contribution is 2.26. The van der Waals surface area contributed by atoms with Gasteiger partial charge in [-0.05, 0) is 29.6 Å². The van der Waals surface area contributed by atoms with Crippen LogP contribution in [0.4, 0.5) is 15.8 Å². The quantitative estimate of drug-likeness (QED) is 0.839. The first-order valence-corrected chi connectivity index (χ1v) is 5.97. The van der Waals surface area contributed by atoms with Gasteiger partial charge in [0.2, 0.25) is 0 Å². The molecule has 6 heteroatoms. The fourth-order valence-electron chi connectivity index (χ4n) is 1.50. The summed E-state index contributed by atoms with van der Waals surface area (Å²) in [4.78, 5) is 12.4. The van der Waals surface area contributed by atoms with Gasteiger partial charge >= 0.3 is 0 Å². The van der Waals surface area contributed by atoms with Gasteiger partial charge in [0.05, 0.1) is 7.11 Å². The van der Waals surface area contributed by atoms with Crippen molar-refractivity contribution in [2.24, 2.45) is 0 Å². The number of hydrogen-bond acceptors (Lipinski definition) is 4. The van der Waals surface area contributed by atoms with Crippen molar-refractivity contribution in [2.75, 3.05) is 18.2 Å². The second-order valence-electron chi connectivity index (χ2n) is 3.55. The van der Waals surface area contributed by atoms with Crippen molar-refractivity contribution in [3.8, 4) is 5.75 Å². The van der Waals surface area contributed by atoms with Crippen LogP contribution in [0.25, 0.3) is 0 Å². The molecule has 1 aromatic heterocycles. The molecule has 0 atom stereocenters. The van der Waals surface area contributed by atoms with Crippen LogP contribution < -0.4 is 15.8 Å². The molecular weight excluding hydrogens is 255 g/mol. The Morgan fingerprint density at radius 1 is 1.44 bits per heavy atom. The van der Waals surface area contributed by atoms with E-state index in [2.05, 4.69) is 5.32 Å². The lowest BCUT2D eigenvalue weighted by molar-refractivity contribution is 0.102. The summed E-state index contributed by atoms with van der Waals surface area (Å²) in [6, 6.07) is 5.57. The highest BCUT2D eigenvalue weighted by molar-refractivity contribution is 7.12. The molecule has 0 aliphatic rings. The van der Waals surface area contributed by atoms with Crippen LogP contribution in [0, 0.1) is 5.82 Å². The molecule has 18 heavy (non-hydrogen) atoms. The van der Waals surface area contributed by atoms with Gasteiger partial charge in [0.25, 0.3) is 5.91 Å². The largest absolute Gasteiger partial charge is 0.495 e. The Kier molecular flexibility index (Phi) is 3.47. The van der Waals surface area contributed by atoms with Gasteiger partial charge in [0.15, 0.2) is 0 Å². The van der Waals surface area contributed by atoms with E-state index in [4.69, 9.17) is 10.5 Å². The van der Waals surface area contributed by atoms with E-state index in [0.29, 0.717) is 16.3 Å². The Hall–Kier alpha value is -2.08. The Balaban J connectivity index is 2.21. The molecule has 0 aliphatic heterocycles. The van der Waals surface area contributed by atoms with Crippen LogP contribution in [0.2, 0.25) is 0 Å². The number of thiophene rings is 1. The smallest absolute Gasteiger partial charge is 0.269 e. The topological polar surface area (TPSA) is 64.3 Å². The van der Waals surface area contributed by atoms with Gasteiger partial charge in [-0.3, -0.25) is 4.79 Å². The fraction of sp³-hybridized carbons (Fsp3) is 0.0833. The molecule has 0 unspecified atom stereocenters. The van der Waals surface area contributed by atoms with Crippen LogP contribution in [0.3, 0.4) is 0 Å². The number of anilines is 2. The van der Waals surface area contributed by atoms with Crippen LogP contribution in [0.1, 0.15) is 9.67 Å². The van der Waals surface area contributed by atoms with Crippen LogP contribution in [0.15, 0.2) is 29.6 Å². The average molecular weight is 266 g/mol. The first kappa shape index (κ1) is 12.4. The summed E-state index contributed by atoms with van der Waals surface area (Å²) in [6.45, 7) is 0. The first-order valence-electron chi connectivity index (χ1n) is 5.09. The maximum Gasteiger partial charge on any atom is 0.269 e. The number of nitrogen functional groups attached to an aromatic ring is 1. The monoisotopic (exact) mass is 266 g/mol.